The second-order valence-electron chi connectivity index (χ2n) is 17.7. The number of Topliss-reactive ketones (excluding diaryl/α,β-unsaturated/α-hetero) is 2. The normalized spacial score (nSPS) is 56.6. The average molecular weight is 697 g/mol. The third kappa shape index (κ3) is 3.40. The molecule has 18 unspecified atom stereocenters. The van der Waals surface area contributed by atoms with Gasteiger partial charge in [0.05, 0.1) is 36.3 Å². The Hall–Kier alpha value is -2.80. The highest BCUT2D eigenvalue weighted by molar-refractivity contribution is 6.01. The van der Waals surface area contributed by atoms with Crippen molar-refractivity contribution < 1.29 is 58.6 Å². The van der Waals surface area contributed by atoms with Gasteiger partial charge in [-0.25, -0.2) is 9.59 Å². The van der Waals surface area contributed by atoms with Gasteiger partial charge in [-0.05, 0) is 50.4 Å². The molecule has 0 aromatic rings. The predicted octanol–water partition coefficient (Wildman–Crippen LogP) is 3.03. The highest BCUT2D eigenvalue weighted by atomic mass is 16.6. The maximum Gasteiger partial charge on any atom is 0.341 e. The zero-order valence-electron chi connectivity index (χ0n) is 29.4. The molecule has 272 valence electrons. The first-order chi connectivity index (χ1) is 23.5. The summed E-state index contributed by atoms with van der Waals surface area (Å²) in [6, 6.07) is 0. The predicted molar refractivity (Wildman–Crippen MR) is 171 cm³/mol. The molecule has 12 nitrogen and oxygen atoms in total. The van der Waals surface area contributed by atoms with Crippen LogP contribution in [0.15, 0.2) is 22.7 Å². The van der Waals surface area contributed by atoms with Crippen LogP contribution in [0.25, 0.3) is 0 Å². The van der Waals surface area contributed by atoms with E-state index in [-0.39, 0.29) is 81.6 Å². The summed E-state index contributed by atoms with van der Waals surface area (Å²) in [7, 11) is 0. The molecule has 6 heterocycles. The van der Waals surface area contributed by atoms with Crippen LogP contribution in [0.5, 0.6) is 0 Å². The molecule has 8 bridgehead atoms. The van der Waals surface area contributed by atoms with Gasteiger partial charge in [0.1, 0.15) is 34.2 Å². The summed E-state index contributed by atoms with van der Waals surface area (Å²) in [4.78, 5) is 52.1. The molecule has 4 N–H and O–H groups in total. The molecule has 0 amide bonds. The number of allylic oxidation sites excluding steroid dienone is 2. The number of ether oxygens (including phenoxy) is 4. The lowest BCUT2D eigenvalue weighted by Crippen LogP contribution is -2.72. The van der Waals surface area contributed by atoms with Crippen LogP contribution in [0.4, 0.5) is 0 Å². The first kappa shape index (κ1) is 33.1. The molecule has 18 atom stereocenters. The monoisotopic (exact) mass is 696 g/mol. The van der Waals surface area contributed by atoms with E-state index in [1.54, 1.807) is 0 Å². The molecule has 12 aliphatic rings. The fraction of sp³-hybridized carbons (Fsp3) is 0.789. The molecule has 0 radical (unpaired) electrons. The Kier molecular flexibility index (Phi) is 6.61. The first-order valence-corrected chi connectivity index (χ1v) is 18.6. The number of fused-ring (bicyclic) bond motifs is 2. The van der Waals surface area contributed by atoms with E-state index in [4.69, 9.17) is 18.9 Å². The second kappa shape index (κ2) is 9.99. The molecule has 4 saturated carbocycles. The van der Waals surface area contributed by atoms with Crippen molar-refractivity contribution in [2.75, 3.05) is 0 Å². The number of rotatable bonds is 0. The van der Waals surface area contributed by atoms with E-state index in [0.717, 1.165) is 0 Å². The van der Waals surface area contributed by atoms with Crippen molar-refractivity contribution in [2.24, 2.45) is 59.2 Å². The number of carbonyl (C=O) groups is 4. The van der Waals surface area contributed by atoms with Crippen LogP contribution in [-0.4, -0.2) is 90.8 Å². The van der Waals surface area contributed by atoms with Gasteiger partial charge in [-0.3, -0.25) is 9.59 Å². The lowest BCUT2D eigenvalue weighted by molar-refractivity contribution is -0.300. The Balaban J connectivity index is 0.000000135. The molecule has 4 spiro atoms. The third-order valence-electron chi connectivity index (χ3n) is 15.1. The van der Waals surface area contributed by atoms with Gasteiger partial charge in [0, 0.05) is 35.5 Å². The maximum absolute atomic E-state index is 13.2. The van der Waals surface area contributed by atoms with Gasteiger partial charge in [0.15, 0.2) is 22.4 Å². The number of hydrogen-bond donors (Lipinski definition) is 4. The SMILES string of the molecule is CC1CC(C)C(O)=C2C(=O)OC34CC(C)C5OC23C(CC4C5O)C1=O.CC1CC(C)C(O)=C2C(=O)OC34CC(C)C5OC23C(CC4C5O)C1=O. The highest BCUT2D eigenvalue weighted by Crippen LogP contribution is 2.72. The number of hydrogen-bond acceptors (Lipinski definition) is 12. The van der Waals surface area contributed by atoms with Gasteiger partial charge < -0.3 is 39.4 Å². The molecule has 12 rings (SSSR count). The van der Waals surface area contributed by atoms with Gasteiger partial charge in [0.25, 0.3) is 0 Å². The Bertz CT molecular complexity index is 1580. The fourth-order valence-corrected chi connectivity index (χ4v) is 13.2. The standard InChI is InChI=1S/2C19H24O6/c2*1-7-4-8(2)14(21)12-17(23)25-18-6-9(3)16-15(22)10(18)5-11(13(7)20)19(12,18)24-16/h2*7-11,15-16,21-22H,4-6H2,1-3H3. The first-order valence-electron chi connectivity index (χ1n) is 18.6. The molecule has 0 aromatic heterocycles. The molecule has 6 aliphatic heterocycles. The summed E-state index contributed by atoms with van der Waals surface area (Å²) >= 11 is 0. The molecular weight excluding hydrogens is 648 g/mol. The van der Waals surface area contributed by atoms with Crippen LogP contribution < -0.4 is 0 Å². The number of ketones is 2. The molecular formula is C38H48O12. The smallest absolute Gasteiger partial charge is 0.341 e. The van der Waals surface area contributed by atoms with Crippen LogP contribution in [-0.2, 0) is 38.1 Å². The van der Waals surface area contributed by atoms with Gasteiger partial charge >= 0.3 is 11.9 Å². The Morgan fingerprint density at radius 1 is 0.560 bits per heavy atom. The van der Waals surface area contributed by atoms with Crippen molar-refractivity contribution in [1.82, 2.24) is 0 Å². The van der Waals surface area contributed by atoms with Gasteiger partial charge in [-0.2, -0.15) is 0 Å². The van der Waals surface area contributed by atoms with Crippen LogP contribution in [0.2, 0.25) is 0 Å². The minimum Gasteiger partial charge on any atom is -0.511 e. The van der Waals surface area contributed by atoms with E-state index >= 15 is 0 Å². The number of aliphatic hydroxyl groups excluding tert-OH is 4. The number of aliphatic hydroxyl groups is 4. The number of esters is 2. The van der Waals surface area contributed by atoms with Gasteiger partial charge in [-0.1, -0.05) is 41.5 Å². The van der Waals surface area contributed by atoms with Crippen LogP contribution in [0, 0.1) is 59.2 Å². The zero-order chi connectivity index (χ0) is 35.8. The highest BCUT2D eigenvalue weighted by Gasteiger charge is 2.86. The summed E-state index contributed by atoms with van der Waals surface area (Å²) in [6.45, 7) is 11.4. The maximum atomic E-state index is 13.2. The van der Waals surface area contributed by atoms with Gasteiger partial charge in [0.2, 0.25) is 0 Å². The van der Waals surface area contributed by atoms with Crippen LogP contribution in [0.1, 0.15) is 80.1 Å². The topological polar surface area (TPSA) is 186 Å². The largest absolute Gasteiger partial charge is 0.511 e. The zero-order valence-corrected chi connectivity index (χ0v) is 29.4. The fourth-order valence-electron chi connectivity index (χ4n) is 13.2. The molecule has 0 aromatic carbocycles. The average Bonchev–Trinajstić information content (AvgIpc) is 3.60. The minimum absolute atomic E-state index is 0.00145. The van der Waals surface area contributed by atoms with Crippen LogP contribution >= 0.6 is 0 Å². The number of carbonyl (C=O) groups excluding carboxylic acids is 4. The van der Waals surface area contributed by atoms with Crippen molar-refractivity contribution in [3.8, 4) is 0 Å². The van der Waals surface area contributed by atoms with E-state index in [2.05, 4.69) is 0 Å². The van der Waals surface area contributed by atoms with Crippen molar-refractivity contribution in [3.63, 3.8) is 0 Å². The van der Waals surface area contributed by atoms with Crippen molar-refractivity contribution >= 4 is 23.5 Å². The molecule has 6 saturated heterocycles. The Labute approximate surface area is 290 Å². The van der Waals surface area contributed by atoms with E-state index in [9.17, 15) is 39.6 Å². The van der Waals surface area contributed by atoms with Crippen molar-refractivity contribution in [3.05, 3.63) is 22.7 Å². The Morgan fingerprint density at radius 3 is 1.28 bits per heavy atom. The summed E-state index contributed by atoms with van der Waals surface area (Å²) < 4.78 is 24.5. The van der Waals surface area contributed by atoms with Crippen LogP contribution in [0.3, 0.4) is 0 Å². The summed E-state index contributed by atoms with van der Waals surface area (Å²) in [5, 5.41) is 43.4. The van der Waals surface area contributed by atoms with E-state index in [1.165, 1.54) is 0 Å². The van der Waals surface area contributed by atoms with Gasteiger partial charge in [-0.15, -0.1) is 0 Å². The lowest BCUT2D eigenvalue weighted by atomic mass is 9.59. The van der Waals surface area contributed by atoms with Crippen molar-refractivity contribution in [1.29, 1.82) is 0 Å². The summed E-state index contributed by atoms with van der Waals surface area (Å²) in [6.07, 6.45) is 0.636. The molecule has 6 aliphatic carbocycles. The van der Waals surface area contributed by atoms with E-state index < -0.39 is 70.6 Å². The van der Waals surface area contributed by atoms with E-state index in [1.807, 2.05) is 41.5 Å². The third-order valence-corrected chi connectivity index (χ3v) is 15.1. The minimum atomic E-state index is -1.23. The quantitative estimate of drug-likeness (QED) is 0.272. The van der Waals surface area contributed by atoms with Crippen molar-refractivity contribution in [2.45, 2.75) is 127 Å². The molecule has 10 fully saturated rings. The second-order valence-corrected chi connectivity index (χ2v) is 17.7. The molecule has 50 heavy (non-hydrogen) atoms. The Morgan fingerprint density at radius 2 is 0.920 bits per heavy atom. The van der Waals surface area contributed by atoms with E-state index in [0.29, 0.717) is 38.5 Å². The molecule has 12 heteroatoms. The summed E-state index contributed by atoms with van der Waals surface area (Å²) in [5.41, 5.74) is -4.21. The summed E-state index contributed by atoms with van der Waals surface area (Å²) in [5.74, 6) is -3.79. The lowest BCUT2D eigenvalue weighted by Gasteiger charge is -2.58.